The van der Waals surface area contributed by atoms with Crippen LogP contribution in [0.2, 0.25) is 0 Å². The van der Waals surface area contributed by atoms with E-state index in [4.69, 9.17) is 10.2 Å². The van der Waals surface area contributed by atoms with E-state index < -0.39 is 11.9 Å². The van der Waals surface area contributed by atoms with Gasteiger partial charge in [-0.05, 0) is 61.4 Å². The molecule has 3 aromatic carbocycles. The second kappa shape index (κ2) is 10.4. The number of carbonyl (C=O) groups is 4. The van der Waals surface area contributed by atoms with Crippen LogP contribution in [-0.2, 0) is 13.1 Å². The van der Waals surface area contributed by atoms with Gasteiger partial charge in [-0.15, -0.1) is 0 Å². The lowest BCUT2D eigenvalue weighted by Crippen LogP contribution is -2.12. The number of carboxylic acids is 2. The maximum atomic E-state index is 11.1. The van der Waals surface area contributed by atoms with Gasteiger partial charge in [0.25, 0.3) is 11.8 Å². The van der Waals surface area contributed by atoms with Gasteiger partial charge in [0, 0.05) is 24.2 Å². The highest BCUT2D eigenvalue weighted by Gasteiger charge is 2.20. The summed E-state index contributed by atoms with van der Waals surface area (Å²) in [5.41, 5.74) is 5.77. The fraction of sp³-hybridized carbons (Fsp3) is 0.154. The number of nitrogens with one attached hydrogen (secondary N) is 2. The summed E-state index contributed by atoms with van der Waals surface area (Å²) >= 11 is 0. The summed E-state index contributed by atoms with van der Waals surface area (Å²) in [4.78, 5) is 43.3. The molecule has 8 heteroatoms. The zero-order valence-corrected chi connectivity index (χ0v) is 18.7. The summed E-state index contributed by atoms with van der Waals surface area (Å²) < 4.78 is 0. The van der Waals surface area contributed by atoms with E-state index in [2.05, 4.69) is 48.7 Å². The third kappa shape index (κ3) is 5.86. The lowest BCUT2D eigenvalue weighted by atomic mass is 10.1. The second-order valence-electron chi connectivity index (χ2n) is 7.88. The van der Waals surface area contributed by atoms with Crippen LogP contribution in [-0.4, -0.2) is 34.0 Å². The van der Waals surface area contributed by atoms with Crippen LogP contribution in [0.1, 0.15) is 63.7 Å². The Bertz CT molecular complexity index is 1190. The topological polar surface area (TPSA) is 133 Å². The molecule has 2 aliphatic rings. The first-order valence-corrected chi connectivity index (χ1v) is 10.5. The molecule has 3 aromatic rings. The fourth-order valence-corrected chi connectivity index (χ4v) is 3.54. The minimum absolute atomic E-state index is 0.132. The van der Waals surface area contributed by atoms with Gasteiger partial charge in [0.1, 0.15) is 0 Å². The van der Waals surface area contributed by atoms with E-state index in [1.165, 1.54) is 35.4 Å². The van der Waals surface area contributed by atoms with Crippen LogP contribution in [0.15, 0.2) is 60.7 Å². The normalized spacial score (nSPS) is 12.6. The molecule has 0 radical (unpaired) electrons. The molecule has 0 bridgehead atoms. The van der Waals surface area contributed by atoms with Gasteiger partial charge in [-0.2, -0.15) is 0 Å². The average molecular weight is 460 g/mol. The van der Waals surface area contributed by atoms with E-state index >= 15 is 0 Å². The van der Waals surface area contributed by atoms with E-state index in [1.54, 1.807) is 12.1 Å². The Hall–Kier alpha value is -4.46. The molecule has 0 spiro atoms. The van der Waals surface area contributed by atoms with Crippen LogP contribution < -0.4 is 10.6 Å². The van der Waals surface area contributed by atoms with Crippen molar-refractivity contribution in [1.29, 1.82) is 0 Å². The van der Waals surface area contributed by atoms with Crippen molar-refractivity contribution in [3.8, 4) is 0 Å². The SMILES string of the molecule is Cc1cccc(C)c1.O=C(O)c1ccc2c(c1)CNC2=O.O=C(O)c1ccc2c(c1)CNC2=O. The van der Waals surface area contributed by atoms with E-state index in [0.717, 1.165) is 11.1 Å². The summed E-state index contributed by atoms with van der Waals surface area (Å²) in [5, 5.41) is 22.6. The Morgan fingerprint density at radius 1 is 0.676 bits per heavy atom. The fourth-order valence-electron chi connectivity index (χ4n) is 3.54. The first kappa shape index (κ1) is 24.2. The molecule has 5 rings (SSSR count). The highest BCUT2D eigenvalue weighted by Crippen LogP contribution is 2.18. The summed E-state index contributed by atoms with van der Waals surface area (Å²) in [6, 6.07) is 17.5. The number of fused-ring (bicyclic) bond motifs is 2. The van der Waals surface area contributed by atoms with Crippen molar-refractivity contribution >= 4 is 23.8 Å². The highest BCUT2D eigenvalue weighted by molar-refractivity contribution is 6.00. The van der Waals surface area contributed by atoms with Gasteiger partial charge < -0.3 is 20.8 Å². The molecule has 34 heavy (non-hydrogen) atoms. The number of aryl methyl sites for hydroxylation is 2. The predicted octanol–water partition coefficient (Wildman–Crippen LogP) is 3.56. The van der Waals surface area contributed by atoms with Crippen molar-refractivity contribution in [2.24, 2.45) is 0 Å². The monoisotopic (exact) mass is 460 g/mol. The lowest BCUT2D eigenvalue weighted by molar-refractivity contribution is 0.0686. The Morgan fingerprint density at radius 3 is 1.41 bits per heavy atom. The molecule has 0 saturated carbocycles. The van der Waals surface area contributed by atoms with E-state index in [-0.39, 0.29) is 22.9 Å². The van der Waals surface area contributed by atoms with Crippen molar-refractivity contribution in [3.05, 3.63) is 105 Å². The number of carboxylic acid groups (broad SMARTS) is 2. The molecule has 2 amide bonds. The summed E-state index contributed by atoms with van der Waals surface area (Å²) in [6.07, 6.45) is 0. The summed E-state index contributed by atoms with van der Waals surface area (Å²) in [7, 11) is 0. The van der Waals surface area contributed by atoms with Gasteiger partial charge in [-0.1, -0.05) is 35.4 Å². The molecule has 0 unspecified atom stereocenters. The number of rotatable bonds is 2. The Kier molecular flexibility index (Phi) is 7.43. The smallest absolute Gasteiger partial charge is 0.335 e. The van der Waals surface area contributed by atoms with Gasteiger partial charge in [-0.3, -0.25) is 9.59 Å². The van der Waals surface area contributed by atoms with Gasteiger partial charge in [-0.25, -0.2) is 9.59 Å². The van der Waals surface area contributed by atoms with E-state index in [0.29, 0.717) is 24.2 Å². The molecular formula is C26H24N2O6. The van der Waals surface area contributed by atoms with Crippen LogP contribution >= 0.6 is 0 Å². The molecule has 8 nitrogen and oxygen atoms in total. The number of hydrogen-bond donors (Lipinski definition) is 4. The van der Waals surface area contributed by atoms with Crippen LogP contribution in [0, 0.1) is 13.8 Å². The first-order chi connectivity index (χ1) is 16.2. The van der Waals surface area contributed by atoms with Crippen molar-refractivity contribution in [2.75, 3.05) is 0 Å². The van der Waals surface area contributed by atoms with Gasteiger partial charge in [0.15, 0.2) is 0 Å². The molecule has 2 aliphatic heterocycles. The van der Waals surface area contributed by atoms with Crippen LogP contribution in [0.4, 0.5) is 0 Å². The van der Waals surface area contributed by atoms with Crippen molar-refractivity contribution in [3.63, 3.8) is 0 Å². The predicted molar refractivity (Wildman–Crippen MR) is 125 cm³/mol. The molecule has 174 valence electrons. The molecule has 0 aromatic heterocycles. The zero-order chi connectivity index (χ0) is 24.8. The first-order valence-electron chi connectivity index (χ1n) is 10.5. The molecule has 0 aliphatic carbocycles. The second-order valence-corrected chi connectivity index (χ2v) is 7.88. The average Bonchev–Trinajstić information content (AvgIpc) is 3.36. The highest BCUT2D eigenvalue weighted by atomic mass is 16.4. The quantitative estimate of drug-likeness (QED) is 0.462. The number of carbonyl (C=O) groups excluding carboxylic acids is 2. The maximum absolute atomic E-state index is 11.1. The van der Waals surface area contributed by atoms with Crippen LogP contribution in [0.25, 0.3) is 0 Å². The summed E-state index contributed by atoms with van der Waals surface area (Å²) in [5.74, 6) is -2.21. The maximum Gasteiger partial charge on any atom is 0.335 e. The minimum atomic E-state index is -0.970. The lowest BCUT2D eigenvalue weighted by Gasteiger charge is -1.97. The number of amides is 2. The van der Waals surface area contributed by atoms with Crippen molar-refractivity contribution in [2.45, 2.75) is 26.9 Å². The van der Waals surface area contributed by atoms with Gasteiger partial charge in [0.05, 0.1) is 11.1 Å². The van der Waals surface area contributed by atoms with E-state index in [1.807, 2.05) is 0 Å². The van der Waals surface area contributed by atoms with Gasteiger partial charge in [0.2, 0.25) is 0 Å². The zero-order valence-electron chi connectivity index (χ0n) is 18.7. The summed E-state index contributed by atoms with van der Waals surface area (Å²) in [6.45, 7) is 5.06. The molecule has 0 saturated heterocycles. The molecule has 4 N–H and O–H groups in total. The Morgan fingerprint density at radius 2 is 1.09 bits per heavy atom. The third-order valence-electron chi connectivity index (χ3n) is 5.25. The Labute approximate surface area is 196 Å². The van der Waals surface area contributed by atoms with Crippen molar-refractivity contribution in [1.82, 2.24) is 10.6 Å². The number of hydrogen-bond acceptors (Lipinski definition) is 4. The number of benzene rings is 3. The van der Waals surface area contributed by atoms with Crippen molar-refractivity contribution < 1.29 is 29.4 Å². The third-order valence-corrected chi connectivity index (χ3v) is 5.25. The largest absolute Gasteiger partial charge is 0.478 e. The Balaban J connectivity index is 0.000000148. The standard InChI is InChI=1S/2C9H7NO3.C8H10/c2*11-8-7-2-1-5(9(12)13)3-6(7)4-10-8;1-7-4-3-5-8(2)6-7/h2*1-3H,4H2,(H,10,11)(H,12,13);3-6H,1-2H3. The molecule has 2 heterocycles. The van der Waals surface area contributed by atoms with Crippen LogP contribution in [0.3, 0.4) is 0 Å². The number of aromatic carboxylic acids is 2. The van der Waals surface area contributed by atoms with Gasteiger partial charge >= 0.3 is 11.9 Å². The molecular weight excluding hydrogens is 436 g/mol. The van der Waals surface area contributed by atoms with E-state index in [9.17, 15) is 19.2 Å². The molecule has 0 fully saturated rings. The van der Waals surface area contributed by atoms with Crippen LogP contribution in [0.5, 0.6) is 0 Å². The molecule has 0 atom stereocenters. The minimum Gasteiger partial charge on any atom is -0.478 e.